The molecule has 0 fully saturated rings. The minimum Gasteiger partial charge on any atom is -0.283 e. The van der Waals surface area contributed by atoms with E-state index in [4.69, 9.17) is 11.6 Å². The van der Waals surface area contributed by atoms with Crippen molar-refractivity contribution in [2.24, 2.45) is 0 Å². The van der Waals surface area contributed by atoms with E-state index in [0.717, 1.165) is 12.2 Å². The maximum Gasteiger partial charge on any atom is 0.246 e. The molecule has 2 nitrogen and oxygen atoms in total. The zero-order valence-corrected chi connectivity index (χ0v) is 10.7. The third-order valence-corrected chi connectivity index (χ3v) is 3.47. The molecule has 1 aliphatic heterocycles. The number of likely N-dealkylation sites (N-methyl/N-ethyl adjacent to an activating group) is 1. The second-order valence-electron chi connectivity index (χ2n) is 4.31. The minimum atomic E-state index is 0.0658. The fourth-order valence-electron chi connectivity index (χ4n) is 1.91. The number of hydrogen-bond donors (Lipinski definition) is 0. The summed E-state index contributed by atoms with van der Waals surface area (Å²) in [5.41, 5.74) is 1.48. The van der Waals surface area contributed by atoms with Crippen molar-refractivity contribution in [2.75, 3.05) is 13.6 Å². The molecule has 88 valence electrons. The Hall–Kier alpha value is -1.38. The standard InChI is InChI=1S/C14H15ClNO/c1-3-16(2)10-4-5-13(16)14(17)11-6-8-12(15)9-7-11/h4-10H,3H2,1-2H3/q+1. The largest absolute Gasteiger partial charge is 0.283 e. The van der Waals surface area contributed by atoms with Crippen LogP contribution in [0.4, 0.5) is 0 Å². The van der Waals surface area contributed by atoms with Crippen LogP contribution >= 0.6 is 11.6 Å². The van der Waals surface area contributed by atoms with Gasteiger partial charge >= 0.3 is 0 Å². The number of benzene rings is 1. The number of Topliss-reactive ketones (excluding diaryl/α,β-unsaturated/α-hetero) is 1. The van der Waals surface area contributed by atoms with Crippen molar-refractivity contribution < 1.29 is 9.28 Å². The van der Waals surface area contributed by atoms with Crippen LogP contribution in [0.3, 0.4) is 0 Å². The third-order valence-electron chi connectivity index (χ3n) is 3.22. The van der Waals surface area contributed by atoms with Crippen molar-refractivity contribution in [3.05, 3.63) is 58.9 Å². The molecule has 1 atom stereocenters. The van der Waals surface area contributed by atoms with Crippen molar-refractivity contribution in [1.29, 1.82) is 0 Å². The number of carbonyl (C=O) groups excluding carboxylic acids is 1. The van der Waals surface area contributed by atoms with Gasteiger partial charge in [-0.3, -0.25) is 9.28 Å². The van der Waals surface area contributed by atoms with Crippen LogP contribution in [0.25, 0.3) is 0 Å². The summed E-state index contributed by atoms with van der Waals surface area (Å²) in [6.45, 7) is 2.93. The molecule has 2 rings (SSSR count). The Balaban J connectivity index is 2.31. The van der Waals surface area contributed by atoms with Gasteiger partial charge in [0.1, 0.15) is 6.20 Å². The van der Waals surface area contributed by atoms with E-state index in [1.807, 2.05) is 25.4 Å². The first-order chi connectivity index (χ1) is 8.07. The topological polar surface area (TPSA) is 17.1 Å². The summed E-state index contributed by atoms with van der Waals surface area (Å²) in [5, 5.41) is 0.646. The van der Waals surface area contributed by atoms with Crippen LogP contribution in [-0.2, 0) is 0 Å². The van der Waals surface area contributed by atoms with E-state index >= 15 is 0 Å². The van der Waals surface area contributed by atoms with Gasteiger partial charge in [0.05, 0.1) is 13.6 Å². The monoisotopic (exact) mass is 248 g/mol. The zero-order valence-electron chi connectivity index (χ0n) is 9.98. The van der Waals surface area contributed by atoms with Crippen LogP contribution in [0.2, 0.25) is 5.02 Å². The average molecular weight is 249 g/mol. The lowest BCUT2D eigenvalue weighted by atomic mass is 10.1. The molecule has 1 heterocycles. The normalized spacial score (nSPS) is 22.6. The molecule has 0 saturated carbocycles. The lowest BCUT2D eigenvalue weighted by Crippen LogP contribution is -2.38. The molecule has 3 heteroatoms. The SMILES string of the molecule is CC[N+]1(C)C=CC=C1C(=O)c1ccc(Cl)cc1. The fraction of sp³-hybridized carbons (Fsp3) is 0.214. The molecule has 0 saturated heterocycles. The second kappa shape index (κ2) is 4.47. The van der Waals surface area contributed by atoms with Crippen LogP contribution in [0.1, 0.15) is 17.3 Å². The molecule has 0 amide bonds. The highest BCUT2D eigenvalue weighted by Gasteiger charge is 2.32. The Morgan fingerprint density at radius 2 is 1.94 bits per heavy atom. The number of halogens is 1. The molecule has 1 aromatic carbocycles. The van der Waals surface area contributed by atoms with E-state index in [-0.39, 0.29) is 5.78 Å². The van der Waals surface area contributed by atoms with Crippen molar-refractivity contribution in [2.45, 2.75) is 6.92 Å². The highest BCUT2D eigenvalue weighted by molar-refractivity contribution is 6.30. The van der Waals surface area contributed by atoms with Gasteiger partial charge in [0.25, 0.3) is 0 Å². The van der Waals surface area contributed by atoms with Gasteiger partial charge in [0.2, 0.25) is 5.78 Å². The van der Waals surface area contributed by atoms with Gasteiger partial charge in [0.15, 0.2) is 5.70 Å². The van der Waals surface area contributed by atoms with Gasteiger partial charge in [-0.2, -0.15) is 0 Å². The molecule has 0 N–H and O–H groups in total. The second-order valence-corrected chi connectivity index (χ2v) is 4.75. The van der Waals surface area contributed by atoms with Gasteiger partial charge in [-0.15, -0.1) is 0 Å². The number of quaternary nitrogens is 1. The van der Waals surface area contributed by atoms with Crippen LogP contribution in [0.15, 0.2) is 48.3 Å². The van der Waals surface area contributed by atoms with Gasteiger partial charge in [0, 0.05) is 16.7 Å². The lowest BCUT2D eigenvalue weighted by Gasteiger charge is -2.26. The molecule has 0 aliphatic carbocycles. The highest BCUT2D eigenvalue weighted by Crippen LogP contribution is 2.25. The van der Waals surface area contributed by atoms with Crippen LogP contribution in [0, 0.1) is 0 Å². The Labute approximate surface area is 106 Å². The molecular weight excluding hydrogens is 234 g/mol. The molecule has 0 aromatic heterocycles. The Kier molecular flexibility index (Phi) is 3.18. The summed E-state index contributed by atoms with van der Waals surface area (Å²) in [4.78, 5) is 12.4. The van der Waals surface area contributed by atoms with Crippen LogP contribution in [-0.4, -0.2) is 23.9 Å². The molecular formula is C14H15ClNO+. The van der Waals surface area contributed by atoms with Gasteiger partial charge in [-0.1, -0.05) is 11.6 Å². The third kappa shape index (κ3) is 2.19. The van der Waals surface area contributed by atoms with E-state index in [1.54, 1.807) is 24.3 Å². The van der Waals surface area contributed by atoms with Crippen molar-refractivity contribution in [1.82, 2.24) is 0 Å². The molecule has 0 spiro atoms. The summed E-state index contributed by atoms with van der Waals surface area (Å²) < 4.78 is 0.557. The van der Waals surface area contributed by atoms with Gasteiger partial charge < -0.3 is 0 Å². The van der Waals surface area contributed by atoms with Crippen LogP contribution in [0.5, 0.6) is 0 Å². The molecule has 0 radical (unpaired) electrons. The Bertz CT molecular complexity index is 501. The number of ketones is 1. The number of carbonyl (C=O) groups is 1. The smallest absolute Gasteiger partial charge is 0.246 e. The summed E-state index contributed by atoms with van der Waals surface area (Å²) >= 11 is 5.82. The number of hydrogen-bond acceptors (Lipinski definition) is 1. The van der Waals surface area contributed by atoms with Gasteiger partial charge in [-0.25, -0.2) is 0 Å². The summed E-state index contributed by atoms with van der Waals surface area (Å²) in [7, 11) is 2.03. The predicted octanol–water partition coefficient (Wildman–Crippen LogP) is 3.40. The van der Waals surface area contributed by atoms with Crippen molar-refractivity contribution >= 4 is 17.4 Å². The number of allylic oxidation sites excluding steroid dienone is 3. The van der Waals surface area contributed by atoms with Crippen LogP contribution < -0.4 is 0 Å². The lowest BCUT2D eigenvalue weighted by molar-refractivity contribution is -0.810. The number of nitrogens with zero attached hydrogens (tertiary/aromatic N) is 1. The zero-order chi connectivity index (χ0) is 12.5. The first-order valence-electron chi connectivity index (χ1n) is 5.62. The van der Waals surface area contributed by atoms with E-state index in [9.17, 15) is 4.79 Å². The first-order valence-corrected chi connectivity index (χ1v) is 6.00. The highest BCUT2D eigenvalue weighted by atomic mass is 35.5. The number of rotatable bonds is 3. The molecule has 1 unspecified atom stereocenters. The molecule has 0 bridgehead atoms. The quantitative estimate of drug-likeness (QED) is 0.592. The molecule has 1 aromatic rings. The molecule has 17 heavy (non-hydrogen) atoms. The summed E-state index contributed by atoms with van der Waals surface area (Å²) in [6.07, 6.45) is 5.86. The fourth-order valence-corrected chi connectivity index (χ4v) is 2.03. The minimum absolute atomic E-state index is 0.0658. The van der Waals surface area contributed by atoms with Crippen molar-refractivity contribution in [3.63, 3.8) is 0 Å². The predicted molar refractivity (Wildman–Crippen MR) is 69.7 cm³/mol. The Morgan fingerprint density at radius 1 is 1.29 bits per heavy atom. The maximum atomic E-state index is 12.4. The first kappa shape index (κ1) is 12.1. The van der Waals surface area contributed by atoms with Gasteiger partial charge in [-0.05, 0) is 37.3 Å². The van der Waals surface area contributed by atoms with Crippen molar-refractivity contribution in [3.8, 4) is 0 Å². The van der Waals surface area contributed by atoms with E-state index in [0.29, 0.717) is 15.1 Å². The summed E-state index contributed by atoms with van der Waals surface area (Å²) in [6, 6.07) is 7.02. The molecule has 1 aliphatic rings. The van der Waals surface area contributed by atoms with E-state index in [2.05, 4.69) is 6.92 Å². The van der Waals surface area contributed by atoms with E-state index in [1.165, 1.54) is 0 Å². The van der Waals surface area contributed by atoms with E-state index < -0.39 is 0 Å². The maximum absolute atomic E-state index is 12.4. The summed E-state index contributed by atoms with van der Waals surface area (Å²) in [5.74, 6) is 0.0658. The Morgan fingerprint density at radius 3 is 2.53 bits per heavy atom. The average Bonchev–Trinajstić information content (AvgIpc) is 2.72.